The second-order valence-electron chi connectivity index (χ2n) is 6.99. The number of ether oxygens (including phenoxy) is 2. The molecule has 2 unspecified atom stereocenters. The highest BCUT2D eigenvalue weighted by Gasteiger charge is 2.31. The van der Waals surface area contributed by atoms with Crippen LogP contribution in [0.5, 0.6) is 11.5 Å². The Hall–Kier alpha value is -1.71. The first-order valence-corrected chi connectivity index (χ1v) is 9.22. The number of carbonyl (C=O) groups excluding carboxylic acids is 1. The molecule has 0 bridgehead atoms. The van der Waals surface area contributed by atoms with Crippen LogP contribution in [0.2, 0.25) is 0 Å². The third kappa shape index (κ3) is 3.24. The smallest absolute Gasteiger partial charge is 0.223 e. The lowest BCUT2D eigenvalue weighted by molar-refractivity contribution is -0.135. The summed E-state index contributed by atoms with van der Waals surface area (Å²) in [5, 5.41) is 0. The maximum Gasteiger partial charge on any atom is 0.223 e. The summed E-state index contributed by atoms with van der Waals surface area (Å²) in [7, 11) is 3.33. The van der Waals surface area contributed by atoms with Crippen molar-refractivity contribution in [3.05, 3.63) is 23.3 Å². The minimum atomic E-state index is 0.312. The summed E-state index contributed by atoms with van der Waals surface area (Å²) in [6, 6.07) is 4.60. The first kappa shape index (κ1) is 17.1. The molecule has 0 radical (unpaired) electrons. The van der Waals surface area contributed by atoms with Crippen LogP contribution in [0.1, 0.15) is 62.5 Å². The zero-order valence-electron chi connectivity index (χ0n) is 15.1. The van der Waals surface area contributed by atoms with Gasteiger partial charge in [-0.25, -0.2) is 0 Å². The number of piperidine rings is 1. The molecule has 0 N–H and O–H groups in total. The maximum atomic E-state index is 12.9. The molecule has 1 fully saturated rings. The molecule has 1 aliphatic heterocycles. The van der Waals surface area contributed by atoms with Crippen molar-refractivity contribution in [3.63, 3.8) is 0 Å². The number of hydrogen-bond acceptors (Lipinski definition) is 3. The van der Waals surface area contributed by atoms with E-state index in [0.717, 1.165) is 50.1 Å². The van der Waals surface area contributed by atoms with Crippen molar-refractivity contribution in [3.8, 4) is 11.5 Å². The number of carbonyl (C=O) groups is 1. The molecule has 2 aliphatic rings. The lowest BCUT2D eigenvalue weighted by Crippen LogP contribution is -2.43. The van der Waals surface area contributed by atoms with E-state index >= 15 is 0 Å². The molecule has 24 heavy (non-hydrogen) atoms. The van der Waals surface area contributed by atoms with Gasteiger partial charge in [0.2, 0.25) is 5.91 Å². The van der Waals surface area contributed by atoms with Gasteiger partial charge >= 0.3 is 0 Å². The largest absolute Gasteiger partial charge is 0.493 e. The Morgan fingerprint density at radius 1 is 1.17 bits per heavy atom. The maximum absolute atomic E-state index is 12.9. The second kappa shape index (κ2) is 7.45. The number of methoxy groups -OCH3 is 2. The average molecular weight is 331 g/mol. The van der Waals surface area contributed by atoms with Gasteiger partial charge in [0.1, 0.15) is 0 Å². The molecule has 0 saturated carbocycles. The molecule has 132 valence electrons. The number of hydrogen-bond donors (Lipinski definition) is 0. The monoisotopic (exact) mass is 331 g/mol. The molecular weight excluding hydrogens is 302 g/mol. The van der Waals surface area contributed by atoms with Gasteiger partial charge < -0.3 is 14.4 Å². The number of likely N-dealkylation sites (tertiary alicyclic amines) is 1. The van der Waals surface area contributed by atoms with E-state index in [-0.39, 0.29) is 0 Å². The minimum Gasteiger partial charge on any atom is -0.493 e. The van der Waals surface area contributed by atoms with Crippen LogP contribution in [-0.4, -0.2) is 37.6 Å². The summed E-state index contributed by atoms with van der Waals surface area (Å²) in [5.74, 6) is 2.19. The topological polar surface area (TPSA) is 38.8 Å². The Bertz CT molecular complexity index is 599. The summed E-state index contributed by atoms with van der Waals surface area (Å²) in [4.78, 5) is 15.0. The van der Waals surface area contributed by atoms with Crippen molar-refractivity contribution in [1.29, 1.82) is 0 Å². The van der Waals surface area contributed by atoms with E-state index in [1.807, 2.05) is 0 Å². The van der Waals surface area contributed by atoms with Gasteiger partial charge in [0.25, 0.3) is 0 Å². The molecule has 1 aromatic carbocycles. The Balaban J connectivity index is 1.75. The Morgan fingerprint density at radius 3 is 2.62 bits per heavy atom. The first-order chi connectivity index (χ1) is 11.7. The van der Waals surface area contributed by atoms with E-state index < -0.39 is 0 Å². The van der Waals surface area contributed by atoms with Gasteiger partial charge in [0.05, 0.1) is 14.2 Å². The van der Waals surface area contributed by atoms with Crippen molar-refractivity contribution in [2.24, 2.45) is 0 Å². The lowest BCUT2D eigenvalue weighted by atomic mass is 9.94. The molecule has 0 aromatic heterocycles. The molecule has 3 rings (SSSR count). The first-order valence-electron chi connectivity index (χ1n) is 9.22. The fourth-order valence-electron chi connectivity index (χ4n) is 4.31. The van der Waals surface area contributed by atoms with E-state index in [1.165, 1.54) is 17.5 Å². The van der Waals surface area contributed by atoms with E-state index in [4.69, 9.17) is 9.47 Å². The quantitative estimate of drug-likeness (QED) is 0.821. The highest BCUT2D eigenvalue weighted by molar-refractivity contribution is 5.78. The van der Waals surface area contributed by atoms with Gasteiger partial charge in [-0.3, -0.25) is 4.79 Å². The van der Waals surface area contributed by atoms with Crippen LogP contribution in [0.4, 0.5) is 0 Å². The molecule has 1 amide bonds. The van der Waals surface area contributed by atoms with Crippen LogP contribution >= 0.6 is 0 Å². The SMILES string of the molecule is CCC1CCCCN1C(=O)CC1CCc2cc(OC)c(OC)cc21. The summed E-state index contributed by atoms with van der Waals surface area (Å²) < 4.78 is 10.8. The third-order valence-corrected chi connectivity index (χ3v) is 5.69. The van der Waals surface area contributed by atoms with Gasteiger partial charge in [0.15, 0.2) is 11.5 Å². The van der Waals surface area contributed by atoms with E-state index in [1.54, 1.807) is 14.2 Å². The fourth-order valence-corrected chi connectivity index (χ4v) is 4.31. The number of fused-ring (bicyclic) bond motifs is 1. The number of amides is 1. The van der Waals surface area contributed by atoms with Gasteiger partial charge in [-0.2, -0.15) is 0 Å². The second-order valence-corrected chi connectivity index (χ2v) is 6.99. The number of benzene rings is 1. The Morgan fingerprint density at radius 2 is 1.92 bits per heavy atom. The van der Waals surface area contributed by atoms with Gasteiger partial charge in [-0.05, 0) is 67.7 Å². The summed E-state index contributed by atoms with van der Waals surface area (Å²) in [6.07, 6.45) is 7.32. The van der Waals surface area contributed by atoms with Gasteiger partial charge in [0, 0.05) is 19.0 Å². The Kier molecular flexibility index (Phi) is 5.32. The molecule has 1 aromatic rings. The van der Waals surface area contributed by atoms with Crippen LogP contribution in [-0.2, 0) is 11.2 Å². The van der Waals surface area contributed by atoms with Crippen LogP contribution in [0.3, 0.4) is 0 Å². The van der Waals surface area contributed by atoms with Crippen LogP contribution in [0, 0.1) is 0 Å². The highest BCUT2D eigenvalue weighted by Crippen LogP contribution is 2.42. The minimum absolute atomic E-state index is 0.312. The van der Waals surface area contributed by atoms with E-state index in [0.29, 0.717) is 24.3 Å². The molecule has 0 spiro atoms. The van der Waals surface area contributed by atoms with E-state index in [9.17, 15) is 4.79 Å². The molecule has 1 heterocycles. The lowest BCUT2D eigenvalue weighted by Gasteiger charge is -2.36. The summed E-state index contributed by atoms with van der Waals surface area (Å²) in [6.45, 7) is 3.13. The molecule has 2 atom stereocenters. The molecule has 4 nitrogen and oxygen atoms in total. The number of nitrogens with zero attached hydrogens (tertiary/aromatic N) is 1. The van der Waals surface area contributed by atoms with Crippen molar-refractivity contribution in [2.45, 2.75) is 63.8 Å². The van der Waals surface area contributed by atoms with Crippen LogP contribution in [0.15, 0.2) is 12.1 Å². The van der Waals surface area contributed by atoms with Crippen LogP contribution in [0.25, 0.3) is 0 Å². The zero-order chi connectivity index (χ0) is 17.1. The summed E-state index contributed by atoms with van der Waals surface area (Å²) in [5.41, 5.74) is 2.57. The van der Waals surface area contributed by atoms with Crippen molar-refractivity contribution in [2.75, 3.05) is 20.8 Å². The van der Waals surface area contributed by atoms with Crippen molar-refractivity contribution >= 4 is 5.91 Å². The third-order valence-electron chi connectivity index (χ3n) is 5.69. The normalized spacial score (nSPS) is 23.0. The summed E-state index contributed by atoms with van der Waals surface area (Å²) >= 11 is 0. The number of rotatable bonds is 5. The van der Waals surface area contributed by atoms with E-state index in [2.05, 4.69) is 24.0 Å². The van der Waals surface area contributed by atoms with Crippen LogP contribution < -0.4 is 9.47 Å². The Labute approximate surface area is 145 Å². The van der Waals surface area contributed by atoms with Crippen molar-refractivity contribution in [1.82, 2.24) is 4.90 Å². The van der Waals surface area contributed by atoms with Gasteiger partial charge in [-0.1, -0.05) is 6.92 Å². The molecule has 4 heteroatoms. The van der Waals surface area contributed by atoms with Gasteiger partial charge in [-0.15, -0.1) is 0 Å². The zero-order valence-corrected chi connectivity index (χ0v) is 15.1. The predicted molar refractivity (Wildman–Crippen MR) is 94.9 cm³/mol. The number of aryl methyl sites for hydroxylation is 1. The standard InChI is InChI=1S/C20H29NO3/c1-4-16-7-5-6-10-21(16)20(22)12-15-9-8-14-11-18(23-2)19(24-3)13-17(14)15/h11,13,15-16H,4-10,12H2,1-3H3. The average Bonchev–Trinajstić information content (AvgIpc) is 3.02. The molecular formula is C20H29NO3. The predicted octanol–water partition coefficient (Wildman–Crippen LogP) is 3.91. The van der Waals surface area contributed by atoms with Crippen molar-refractivity contribution < 1.29 is 14.3 Å². The molecule has 1 saturated heterocycles. The fraction of sp³-hybridized carbons (Fsp3) is 0.650. The molecule has 1 aliphatic carbocycles. The highest BCUT2D eigenvalue weighted by atomic mass is 16.5.